The molecule has 0 saturated heterocycles. The highest BCUT2D eigenvalue weighted by Gasteiger charge is 2.20. The molecule has 0 aromatic rings. The molecule has 0 aliphatic carbocycles. The second-order valence-electron chi connectivity index (χ2n) is 4.22. The van der Waals surface area contributed by atoms with Gasteiger partial charge in [-0.3, -0.25) is 4.79 Å². The van der Waals surface area contributed by atoms with E-state index in [1.165, 1.54) is 0 Å². The lowest BCUT2D eigenvalue weighted by Crippen LogP contribution is -2.22. The number of hydrogen-bond donors (Lipinski definition) is 1. The first kappa shape index (κ1) is 14.8. The number of carbonyl (C=O) groups excluding carboxylic acids is 1. The maximum Gasteiger partial charge on any atom is 0.306 e. The van der Waals surface area contributed by atoms with E-state index in [0.29, 0.717) is 13.0 Å². The Hall–Kier alpha value is -0.220. The van der Waals surface area contributed by atoms with Crippen molar-refractivity contribution in [3.63, 3.8) is 0 Å². The van der Waals surface area contributed by atoms with Crippen molar-refractivity contribution in [3.05, 3.63) is 0 Å². The molecule has 15 heavy (non-hydrogen) atoms. The fraction of sp³-hybridized carbons (Fsp3) is 0.909. The minimum atomic E-state index is -0.296. The van der Waals surface area contributed by atoms with Crippen molar-refractivity contribution in [3.8, 4) is 0 Å². The topological polar surface area (TPSA) is 46.5 Å². The zero-order valence-electron chi connectivity index (χ0n) is 10.1. The summed E-state index contributed by atoms with van der Waals surface area (Å²) in [5.74, 6) is 0.608. The van der Waals surface area contributed by atoms with E-state index in [2.05, 4.69) is 13.8 Å². The quantitative estimate of drug-likeness (QED) is 0.686. The first-order valence-electron chi connectivity index (χ1n) is 5.35. The third-order valence-electron chi connectivity index (χ3n) is 1.89. The Balaban J connectivity index is 3.69. The minimum Gasteiger partial charge on any atom is -0.466 e. The van der Waals surface area contributed by atoms with Crippen molar-refractivity contribution in [2.24, 2.45) is 0 Å². The summed E-state index contributed by atoms with van der Waals surface area (Å²) < 4.78 is 4.85. The van der Waals surface area contributed by atoms with Gasteiger partial charge in [-0.1, -0.05) is 13.8 Å². The van der Waals surface area contributed by atoms with Crippen LogP contribution in [0.25, 0.3) is 0 Å². The number of esters is 1. The Morgan fingerprint density at radius 1 is 1.53 bits per heavy atom. The largest absolute Gasteiger partial charge is 0.466 e. The predicted molar refractivity (Wildman–Crippen MR) is 64.1 cm³/mol. The number of ether oxygens (including phenoxy) is 1. The number of aliphatic hydroxyl groups excluding tert-OH is 1. The maximum atomic E-state index is 11.1. The molecule has 1 N–H and O–H groups in total. The summed E-state index contributed by atoms with van der Waals surface area (Å²) in [6.07, 6.45) is 0.887. The Kier molecular flexibility index (Phi) is 7.02. The van der Waals surface area contributed by atoms with Crippen LogP contribution in [0.2, 0.25) is 0 Å². The zero-order valence-corrected chi connectivity index (χ0v) is 10.9. The van der Waals surface area contributed by atoms with Gasteiger partial charge in [0, 0.05) is 10.5 Å². The van der Waals surface area contributed by atoms with Gasteiger partial charge in [0.1, 0.15) is 0 Å². The van der Waals surface area contributed by atoms with Gasteiger partial charge in [0.05, 0.1) is 19.1 Å². The lowest BCUT2D eigenvalue weighted by molar-refractivity contribution is -0.142. The average molecular weight is 234 g/mol. The van der Waals surface area contributed by atoms with Crippen molar-refractivity contribution in [1.29, 1.82) is 0 Å². The molecule has 3 nitrogen and oxygen atoms in total. The molecule has 0 saturated carbocycles. The summed E-state index contributed by atoms with van der Waals surface area (Å²) in [5, 5.41) is 9.28. The number of thioether (sulfide) groups is 1. The van der Waals surface area contributed by atoms with E-state index in [4.69, 9.17) is 4.74 Å². The molecule has 0 aliphatic heterocycles. The van der Waals surface area contributed by atoms with E-state index >= 15 is 0 Å². The second kappa shape index (κ2) is 7.12. The molecular formula is C11H22O3S. The second-order valence-corrected chi connectivity index (χ2v) is 6.02. The van der Waals surface area contributed by atoms with Crippen LogP contribution in [0.1, 0.15) is 40.5 Å². The molecule has 4 heteroatoms. The van der Waals surface area contributed by atoms with E-state index in [9.17, 15) is 9.90 Å². The fourth-order valence-corrected chi connectivity index (χ4v) is 2.59. The Morgan fingerprint density at radius 2 is 2.13 bits per heavy atom. The molecular weight excluding hydrogens is 212 g/mol. The van der Waals surface area contributed by atoms with E-state index in [1.54, 1.807) is 18.7 Å². The molecule has 0 aromatic carbocycles. The van der Waals surface area contributed by atoms with Crippen LogP contribution in [0.4, 0.5) is 0 Å². The van der Waals surface area contributed by atoms with E-state index in [-0.39, 0.29) is 16.8 Å². The number of rotatable bonds is 7. The van der Waals surface area contributed by atoms with E-state index in [0.717, 1.165) is 12.2 Å². The van der Waals surface area contributed by atoms with E-state index in [1.807, 2.05) is 6.92 Å². The average Bonchev–Trinajstić information content (AvgIpc) is 2.01. The minimum absolute atomic E-state index is 0.0145. The van der Waals surface area contributed by atoms with Crippen molar-refractivity contribution in [2.45, 2.75) is 51.4 Å². The van der Waals surface area contributed by atoms with Crippen LogP contribution in [0.3, 0.4) is 0 Å². The Labute approximate surface area is 96.6 Å². The maximum absolute atomic E-state index is 11.1. The van der Waals surface area contributed by atoms with Gasteiger partial charge in [0.15, 0.2) is 0 Å². The highest BCUT2D eigenvalue weighted by molar-refractivity contribution is 8.00. The smallest absolute Gasteiger partial charge is 0.306 e. The molecule has 0 aliphatic rings. The lowest BCUT2D eigenvalue weighted by atomic mass is 10.1. The third kappa shape index (κ3) is 8.75. The molecule has 0 radical (unpaired) electrons. The van der Waals surface area contributed by atoms with Crippen LogP contribution in [0.15, 0.2) is 0 Å². The summed E-state index contributed by atoms with van der Waals surface area (Å²) in [6, 6.07) is 0. The molecule has 0 fully saturated rings. The predicted octanol–water partition coefficient (Wildman–Crippen LogP) is 2.22. The highest BCUT2D eigenvalue weighted by atomic mass is 32.2. The molecule has 0 amide bonds. The van der Waals surface area contributed by atoms with Crippen molar-refractivity contribution >= 4 is 17.7 Å². The van der Waals surface area contributed by atoms with Gasteiger partial charge in [-0.15, -0.1) is 0 Å². The summed E-state index contributed by atoms with van der Waals surface area (Å²) >= 11 is 1.70. The van der Waals surface area contributed by atoms with Crippen LogP contribution in [0, 0.1) is 0 Å². The molecule has 0 rings (SSSR count). The third-order valence-corrected chi connectivity index (χ3v) is 3.25. The summed E-state index contributed by atoms with van der Waals surface area (Å²) in [5.41, 5.74) is 0. The van der Waals surface area contributed by atoms with Gasteiger partial charge in [-0.25, -0.2) is 0 Å². The van der Waals surface area contributed by atoms with Crippen LogP contribution < -0.4 is 0 Å². The summed E-state index contributed by atoms with van der Waals surface area (Å²) in [4.78, 5) is 11.1. The van der Waals surface area contributed by atoms with Gasteiger partial charge in [-0.2, -0.15) is 11.8 Å². The van der Waals surface area contributed by atoms with Gasteiger partial charge in [-0.05, 0) is 20.3 Å². The van der Waals surface area contributed by atoms with Crippen LogP contribution in [-0.2, 0) is 9.53 Å². The molecule has 0 bridgehead atoms. The highest BCUT2D eigenvalue weighted by Crippen LogP contribution is 2.29. The Bertz CT molecular complexity index is 190. The van der Waals surface area contributed by atoms with Gasteiger partial charge in [0.2, 0.25) is 0 Å². The van der Waals surface area contributed by atoms with Crippen LogP contribution in [0.5, 0.6) is 0 Å². The lowest BCUT2D eigenvalue weighted by Gasteiger charge is -2.25. The molecule has 90 valence electrons. The fourth-order valence-electron chi connectivity index (χ4n) is 1.41. The Morgan fingerprint density at radius 3 is 2.60 bits per heavy atom. The summed E-state index contributed by atoms with van der Waals surface area (Å²) in [6.45, 7) is 8.20. The molecule has 1 atom stereocenters. The van der Waals surface area contributed by atoms with Gasteiger partial charge < -0.3 is 9.84 Å². The van der Waals surface area contributed by atoms with Crippen molar-refractivity contribution in [2.75, 3.05) is 12.4 Å². The van der Waals surface area contributed by atoms with Crippen molar-refractivity contribution < 1.29 is 14.6 Å². The molecule has 1 unspecified atom stereocenters. The monoisotopic (exact) mass is 234 g/mol. The molecule has 0 spiro atoms. The summed E-state index contributed by atoms with van der Waals surface area (Å²) in [7, 11) is 0. The standard InChI is InChI=1S/C11H22O3S/c1-5-14-10(13)6-7-15-11(3,4)8-9(2)12/h9,12H,5-8H2,1-4H3. The first-order chi connectivity index (χ1) is 6.87. The van der Waals surface area contributed by atoms with Gasteiger partial charge >= 0.3 is 5.97 Å². The van der Waals surface area contributed by atoms with Crippen LogP contribution in [-0.4, -0.2) is 34.3 Å². The zero-order chi connectivity index (χ0) is 11.9. The van der Waals surface area contributed by atoms with E-state index < -0.39 is 0 Å². The number of carbonyl (C=O) groups is 1. The van der Waals surface area contributed by atoms with Gasteiger partial charge in [0.25, 0.3) is 0 Å². The SMILES string of the molecule is CCOC(=O)CCSC(C)(C)CC(C)O. The number of aliphatic hydroxyl groups is 1. The van der Waals surface area contributed by atoms with Crippen molar-refractivity contribution in [1.82, 2.24) is 0 Å². The molecule has 0 aromatic heterocycles. The van der Waals surface area contributed by atoms with Crippen LogP contribution >= 0.6 is 11.8 Å². The normalized spacial score (nSPS) is 13.7. The number of hydrogen-bond acceptors (Lipinski definition) is 4. The molecule has 0 heterocycles. The first-order valence-corrected chi connectivity index (χ1v) is 6.33.